The lowest BCUT2D eigenvalue weighted by molar-refractivity contribution is -0.113. The molecule has 0 atom stereocenters. The van der Waals surface area contributed by atoms with Gasteiger partial charge in [0.1, 0.15) is 0 Å². The molecule has 1 aliphatic rings. The largest absolute Gasteiger partial charge is 0.370 e. The number of halogens is 1. The number of amides is 1. The summed E-state index contributed by atoms with van der Waals surface area (Å²) < 4.78 is 8.43. The summed E-state index contributed by atoms with van der Waals surface area (Å²) in [4.78, 5) is 36.0. The Balaban J connectivity index is 1.54. The third kappa shape index (κ3) is 5.23. The van der Waals surface area contributed by atoms with Crippen LogP contribution in [0.4, 0.5) is 5.69 Å². The quantitative estimate of drug-likeness (QED) is 0.257. The molecule has 0 bridgehead atoms. The molecule has 0 saturated carbocycles. The lowest BCUT2D eigenvalue weighted by atomic mass is 9.95. The maximum atomic E-state index is 13.8. The average molecular weight is 565 g/mol. The average Bonchev–Trinajstić information content (AvgIpc) is 2.83. The van der Waals surface area contributed by atoms with Crippen molar-refractivity contribution in [2.45, 2.75) is 44.6 Å². The van der Waals surface area contributed by atoms with Crippen LogP contribution < -0.4 is 10.9 Å². The Morgan fingerprint density at radius 1 is 1.17 bits per heavy atom. The Bertz CT molecular complexity index is 1530. The molecule has 4 aromatic rings. The van der Waals surface area contributed by atoms with Gasteiger partial charge in [-0.15, -0.1) is 0 Å². The highest BCUT2D eigenvalue weighted by molar-refractivity contribution is 9.10. The summed E-state index contributed by atoms with van der Waals surface area (Å²) >= 11 is 4.60. The number of thioether (sulfide) groups is 1. The smallest absolute Gasteiger partial charge is 0.268 e. The summed E-state index contributed by atoms with van der Waals surface area (Å²) in [6, 6.07) is 16.9. The number of anilines is 1. The molecule has 0 saturated heterocycles. The maximum Gasteiger partial charge on any atom is 0.268 e. The molecule has 5 rings (SSSR count). The topological polar surface area (TPSA) is 86.1 Å². The van der Waals surface area contributed by atoms with Crippen LogP contribution in [-0.2, 0) is 22.6 Å². The van der Waals surface area contributed by atoms with Gasteiger partial charge in [0.25, 0.3) is 5.56 Å². The van der Waals surface area contributed by atoms with Gasteiger partial charge in [-0.3, -0.25) is 14.2 Å². The Labute approximate surface area is 221 Å². The first kappa shape index (κ1) is 24.7. The normalized spacial score (nSPS) is 14.4. The van der Waals surface area contributed by atoms with E-state index in [4.69, 9.17) is 14.7 Å². The van der Waals surface area contributed by atoms with Crippen molar-refractivity contribution in [3.8, 4) is 5.69 Å². The number of rotatable bonds is 5. The summed E-state index contributed by atoms with van der Waals surface area (Å²) in [5, 5.41) is 3.74. The summed E-state index contributed by atoms with van der Waals surface area (Å²) in [7, 11) is 0. The van der Waals surface area contributed by atoms with Crippen LogP contribution >= 0.6 is 27.7 Å². The first-order valence-electron chi connectivity index (χ1n) is 11.5. The van der Waals surface area contributed by atoms with Crippen molar-refractivity contribution in [2.24, 2.45) is 0 Å². The summed E-state index contributed by atoms with van der Waals surface area (Å²) in [6.45, 7) is 6.42. The Hall–Kier alpha value is -3.01. The van der Waals surface area contributed by atoms with Crippen LogP contribution in [0.3, 0.4) is 0 Å². The van der Waals surface area contributed by atoms with Crippen molar-refractivity contribution in [3.63, 3.8) is 0 Å². The van der Waals surface area contributed by atoms with E-state index in [1.807, 2.05) is 75.4 Å². The molecule has 0 spiro atoms. The molecule has 9 heteroatoms. The molecular formula is C27H25BrN4O3S. The van der Waals surface area contributed by atoms with Crippen LogP contribution in [0, 0.1) is 6.92 Å². The van der Waals surface area contributed by atoms with Crippen LogP contribution in [-0.4, -0.2) is 31.8 Å². The number of fused-ring (bicyclic) bond motifs is 2. The minimum Gasteiger partial charge on any atom is -0.370 e. The highest BCUT2D eigenvalue weighted by atomic mass is 79.9. The number of pyridine rings is 1. The van der Waals surface area contributed by atoms with Crippen molar-refractivity contribution < 1.29 is 9.53 Å². The molecule has 2 aromatic heterocycles. The molecule has 0 radical (unpaired) electrons. The lowest BCUT2D eigenvalue weighted by Gasteiger charge is -2.31. The van der Waals surface area contributed by atoms with E-state index in [1.54, 1.807) is 4.57 Å². The molecule has 0 unspecified atom stereocenters. The van der Waals surface area contributed by atoms with E-state index in [2.05, 4.69) is 21.2 Å². The predicted octanol–water partition coefficient (Wildman–Crippen LogP) is 5.43. The summed E-state index contributed by atoms with van der Waals surface area (Å²) in [5.41, 5.74) is 4.05. The number of aryl methyl sites for hydroxylation is 1. The second-order valence-corrected chi connectivity index (χ2v) is 11.3. The number of ether oxygens (including phenoxy) is 1. The molecule has 1 amide bonds. The molecule has 2 aromatic carbocycles. The van der Waals surface area contributed by atoms with E-state index in [1.165, 1.54) is 11.8 Å². The SMILES string of the molecule is Cc1cccc(-n2c(SCC(=O)Nc3ccc(Br)cc3)nc3nc4c(cc3c2=O)COC(C)(C)C4)c1. The minimum atomic E-state index is -0.326. The molecule has 0 fully saturated rings. The fourth-order valence-corrected chi connectivity index (χ4v) is 5.20. The zero-order valence-electron chi connectivity index (χ0n) is 20.2. The molecule has 1 aliphatic heterocycles. The highest BCUT2D eigenvalue weighted by Crippen LogP contribution is 2.29. The van der Waals surface area contributed by atoms with Crippen molar-refractivity contribution in [3.05, 3.63) is 86.2 Å². The van der Waals surface area contributed by atoms with Gasteiger partial charge in [-0.1, -0.05) is 39.8 Å². The van der Waals surface area contributed by atoms with Gasteiger partial charge >= 0.3 is 0 Å². The van der Waals surface area contributed by atoms with Crippen LogP contribution in [0.5, 0.6) is 0 Å². The number of nitrogens with zero attached hydrogens (tertiary/aromatic N) is 3. The van der Waals surface area contributed by atoms with E-state index >= 15 is 0 Å². The van der Waals surface area contributed by atoms with Gasteiger partial charge in [0.2, 0.25) is 5.91 Å². The number of carbonyl (C=O) groups excluding carboxylic acids is 1. The zero-order valence-corrected chi connectivity index (χ0v) is 22.6. The number of benzene rings is 2. The van der Waals surface area contributed by atoms with Crippen LogP contribution in [0.2, 0.25) is 0 Å². The molecule has 184 valence electrons. The van der Waals surface area contributed by atoms with Crippen molar-refractivity contribution in [1.82, 2.24) is 14.5 Å². The third-order valence-electron chi connectivity index (χ3n) is 5.93. The molecule has 36 heavy (non-hydrogen) atoms. The van der Waals surface area contributed by atoms with E-state index in [-0.39, 0.29) is 22.8 Å². The van der Waals surface area contributed by atoms with Gasteiger partial charge in [0, 0.05) is 22.1 Å². The van der Waals surface area contributed by atoms with Crippen LogP contribution in [0.15, 0.2) is 69.0 Å². The van der Waals surface area contributed by atoms with Crippen molar-refractivity contribution in [2.75, 3.05) is 11.1 Å². The van der Waals surface area contributed by atoms with Gasteiger partial charge in [-0.2, -0.15) is 0 Å². The van der Waals surface area contributed by atoms with Gasteiger partial charge in [-0.25, -0.2) is 9.97 Å². The summed E-state index contributed by atoms with van der Waals surface area (Å²) in [5.74, 6) is -0.101. The van der Waals surface area contributed by atoms with Gasteiger partial charge < -0.3 is 10.1 Å². The predicted molar refractivity (Wildman–Crippen MR) is 146 cm³/mol. The van der Waals surface area contributed by atoms with E-state index in [9.17, 15) is 9.59 Å². The molecular weight excluding hydrogens is 540 g/mol. The number of aromatic nitrogens is 3. The first-order chi connectivity index (χ1) is 17.2. The second kappa shape index (κ2) is 9.80. The van der Waals surface area contributed by atoms with Crippen LogP contribution in [0.25, 0.3) is 16.7 Å². The Kier molecular flexibility index (Phi) is 6.72. The third-order valence-corrected chi connectivity index (χ3v) is 7.40. The fraction of sp³-hybridized carbons (Fsp3) is 0.259. The molecule has 7 nitrogen and oxygen atoms in total. The fourth-order valence-electron chi connectivity index (χ4n) is 4.13. The molecule has 0 aliphatic carbocycles. The number of nitrogens with one attached hydrogen (secondary N) is 1. The van der Waals surface area contributed by atoms with Crippen molar-refractivity contribution in [1.29, 1.82) is 0 Å². The van der Waals surface area contributed by atoms with E-state index < -0.39 is 0 Å². The van der Waals surface area contributed by atoms with Gasteiger partial charge in [-0.05, 0) is 68.8 Å². The molecule has 1 N–H and O–H groups in total. The number of hydrogen-bond donors (Lipinski definition) is 1. The first-order valence-corrected chi connectivity index (χ1v) is 13.3. The summed E-state index contributed by atoms with van der Waals surface area (Å²) in [6.07, 6.45) is 0.638. The van der Waals surface area contributed by atoms with E-state index in [0.717, 1.165) is 21.3 Å². The molecule has 3 heterocycles. The Morgan fingerprint density at radius 2 is 1.94 bits per heavy atom. The van der Waals surface area contributed by atoms with E-state index in [0.29, 0.717) is 40.6 Å². The highest BCUT2D eigenvalue weighted by Gasteiger charge is 2.28. The monoisotopic (exact) mass is 564 g/mol. The van der Waals surface area contributed by atoms with Crippen LogP contribution in [0.1, 0.15) is 30.7 Å². The number of hydrogen-bond acceptors (Lipinski definition) is 6. The minimum absolute atomic E-state index is 0.0889. The van der Waals surface area contributed by atoms with Gasteiger partial charge in [0.05, 0.1) is 34.7 Å². The second-order valence-electron chi connectivity index (χ2n) is 9.41. The number of carbonyl (C=O) groups is 1. The van der Waals surface area contributed by atoms with Crippen molar-refractivity contribution >= 4 is 50.3 Å². The lowest BCUT2D eigenvalue weighted by Crippen LogP contribution is -2.33. The van der Waals surface area contributed by atoms with Gasteiger partial charge in [0.15, 0.2) is 10.8 Å². The maximum absolute atomic E-state index is 13.8. The standard InChI is InChI=1S/C27H25BrN4O3S/c1-16-5-4-6-20(11-16)32-25(34)21-12-17-14-35-27(2,3)13-22(17)30-24(21)31-26(32)36-15-23(33)29-19-9-7-18(28)8-10-19/h4-12H,13-15H2,1-3H3,(H,29,33). The zero-order chi connectivity index (χ0) is 25.4. The Morgan fingerprint density at radius 3 is 2.69 bits per heavy atom.